The molecule has 1 fully saturated rings. The Hall–Kier alpha value is -2.54. The Morgan fingerprint density at radius 2 is 1.96 bits per heavy atom. The standard InChI is InChI=1S/C20H28N2O5/c1-5-11-25-17-13-22(12-16(17)21-18(23)27-20(2,3)4)19(24)26-14-15-9-7-6-8-10-15/h5-10,16-17H,1,11-14H2,2-4H3,(H,21,23). The molecule has 2 unspecified atom stereocenters. The van der Waals surface area contributed by atoms with Gasteiger partial charge in [-0.2, -0.15) is 0 Å². The van der Waals surface area contributed by atoms with Crippen molar-refractivity contribution in [3.05, 3.63) is 48.6 Å². The van der Waals surface area contributed by atoms with Gasteiger partial charge in [-0.25, -0.2) is 9.59 Å². The Bertz CT molecular complexity index is 642. The summed E-state index contributed by atoms with van der Waals surface area (Å²) in [6.07, 6.45) is 0.277. The van der Waals surface area contributed by atoms with E-state index in [1.165, 1.54) is 4.90 Å². The first-order valence-electron chi connectivity index (χ1n) is 8.96. The summed E-state index contributed by atoms with van der Waals surface area (Å²) < 4.78 is 16.4. The molecule has 1 aromatic rings. The first kappa shape index (κ1) is 20.8. The predicted molar refractivity (Wildman–Crippen MR) is 101 cm³/mol. The Balaban J connectivity index is 1.92. The maximum Gasteiger partial charge on any atom is 0.410 e. The van der Waals surface area contributed by atoms with Crippen molar-refractivity contribution in [2.75, 3.05) is 19.7 Å². The van der Waals surface area contributed by atoms with Gasteiger partial charge in [0.2, 0.25) is 0 Å². The summed E-state index contributed by atoms with van der Waals surface area (Å²) in [5.74, 6) is 0. The van der Waals surface area contributed by atoms with Crippen molar-refractivity contribution in [2.24, 2.45) is 0 Å². The monoisotopic (exact) mass is 376 g/mol. The van der Waals surface area contributed by atoms with Crippen molar-refractivity contribution in [3.63, 3.8) is 0 Å². The lowest BCUT2D eigenvalue weighted by molar-refractivity contribution is 0.0357. The van der Waals surface area contributed by atoms with E-state index in [2.05, 4.69) is 11.9 Å². The van der Waals surface area contributed by atoms with Crippen LogP contribution in [0.3, 0.4) is 0 Å². The van der Waals surface area contributed by atoms with Gasteiger partial charge in [0.1, 0.15) is 12.2 Å². The number of ether oxygens (including phenoxy) is 3. The smallest absolute Gasteiger partial charge is 0.410 e. The molecule has 1 aliphatic rings. The van der Waals surface area contributed by atoms with E-state index < -0.39 is 17.8 Å². The van der Waals surface area contributed by atoms with E-state index in [9.17, 15) is 9.59 Å². The lowest BCUT2D eigenvalue weighted by atomic mass is 10.2. The van der Waals surface area contributed by atoms with Gasteiger partial charge in [-0.1, -0.05) is 36.4 Å². The number of benzene rings is 1. The van der Waals surface area contributed by atoms with Crippen LogP contribution in [-0.4, -0.2) is 54.5 Å². The maximum atomic E-state index is 12.4. The molecule has 0 aliphatic carbocycles. The quantitative estimate of drug-likeness (QED) is 0.772. The second-order valence-corrected chi connectivity index (χ2v) is 7.36. The third kappa shape index (κ3) is 6.94. The molecule has 0 saturated carbocycles. The highest BCUT2D eigenvalue weighted by Crippen LogP contribution is 2.17. The second-order valence-electron chi connectivity index (χ2n) is 7.36. The third-order valence-corrected chi connectivity index (χ3v) is 3.86. The Morgan fingerprint density at radius 3 is 2.59 bits per heavy atom. The van der Waals surface area contributed by atoms with Crippen molar-refractivity contribution in [1.82, 2.24) is 10.2 Å². The number of alkyl carbamates (subject to hydrolysis) is 1. The third-order valence-electron chi connectivity index (χ3n) is 3.86. The number of likely N-dealkylation sites (tertiary alicyclic amines) is 1. The number of hydrogen-bond donors (Lipinski definition) is 1. The summed E-state index contributed by atoms with van der Waals surface area (Å²) in [5.41, 5.74) is 0.307. The fourth-order valence-corrected chi connectivity index (χ4v) is 2.69. The summed E-state index contributed by atoms with van der Waals surface area (Å²) in [5, 5.41) is 2.78. The van der Waals surface area contributed by atoms with Crippen LogP contribution in [0.25, 0.3) is 0 Å². The lowest BCUT2D eigenvalue weighted by Crippen LogP contribution is -2.46. The predicted octanol–water partition coefficient (Wildman–Crippen LogP) is 3.10. The van der Waals surface area contributed by atoms with Crippen LogP contribution in [0.2, 0.25) is 0 Å². The van der Waals surface area contributed by atoms with Gasteiger partial charge >= 0.3 is 12.2 Å². The lowest BCUT2D eigenvalue weighted by Gasteiger charge is -2.23. The van der Waals surface area contributed by atoms with Crippen LogP contribution in [-0.2, 0) is 20.8 Å². The van der Waals surface area contributed by atoms with Crippen LogP contribution in [0.1, 0.15) is 26.3 Å². The number of amides is 2. The minimum Gasteiger partial charge on any atom is -0.445 e. The number of rotatable bonds is 6. The van der Waals surface area contributed by atoms with E-state index >= 15 is 0 Å². The molecule has 1 N–H and O–H groups in total. The molecule has 2 atom stereocenters. The van der Waals surface area contributed by atoms with E-state index in [0.29, 0.717) is 13.2 Å². The number of carbonyl (C=O) groups excluding carboxylic acids is 2. The van der Waals surface area contributed by atoms with Crippen LogP contribution < -0.4 is 5.32 Å². The van der Waals surface area contributed by atoms with E-state index in [1.807, 2.05) is 30.3 Å². The molecule has 2 rings (SSSR count). The van der Waals surface area contributed by atoms with Gasteiger partial charge in [0, 0.05) is 6.54 Å². The molecular formula is C20H28N2O5. The molecule has 1 heterocycles. The van der Waals surface area contributed by atoms with Gasteiger partial charge in [0.15, 0.2) is 0 Å². The Kier molecular flexibility index (Phi) is 7.24. The molecular weight excluding hydrogens is 348 g/mol. The molecule has 2 amide bonds. The number of carbonyl (C=O) groups is 2. The highest BCUT2D eigenvalue weighted by molar-refractivity contribution is 5.70. The summed E-state index contributed by atoms with van der Waals surface area (Å²) in [6.45, 7) is 10.1. The molecule has 7 heteroatoms. The van der Waals surface area contributed by atoms with Crippen LogP contribution in [0.4, 0.5) is 9.59 Å². The Morgan fingerprint density at radius 1 is 1.26 bits per heavy atom. The zero-order valence-electron chi connectivity index (χ0n) is 16.1. The van der Waals surface area contributed by atoms with E-state index in [-0.39, 0.29) is 25.3 Å². The van der Waals surface area contributed by atoms with Crippen LogP contribution in [0.5, 0.6) is 0 Å². The number of nitrogens with one attached hydrogen (secondary N) is 1. The number of hydrogen-bond acceptors (Lipinski definition) is 5. The molecule has 1 aliphatic heterocycles. The SMILES string of the molecule is C=CCOC1CN(C(=O)OCc2ccccc2)CC1NC(=O)OC(C)(C)C. The fraction of sp³-hybridized carbons (Fsp3) is 0.500. The van der Waals surface area contributed by atoms with Gasteiger partial charge in [0.25, 0.3) is 0 Å². The molecule has 0 bridgehead atoms. The topological polar surface area (TPSA) is 77.1 Å². The highest BCUT2D eigenvalue weighted by atomic mass is 16.6. The molecule has 148 valence electrons. The largest absolute Gasteiger partial charge is 0.445 e. The van der Waals surface area contributed by atoms with Crippen LogP contribution in [0, 0.1) is 0 Å². The number of nitrogens with zero attached hydrogens (tertiary/aromatic N) is 1. The minimum atomic E-state index is -0.603. The first-order valence-corrected chi connectivity index (χ1v) is 8.96. The van der Waals surface area contributed by atoms with Crippen LogP contribution in [0.15, 0.2) is 43.0 Å². The average molecular weight is 376 g/mol. The average Bonchev–Trinajstić information content (AvgIpc) is 2.99. The van der Waals surface area contributed by atoms with Gasteiger partial charge < -0.3 is 24.4 Å². The Labute approximate surface area is 160 Å². The normalized spacial score (nSPS) is 19.4. The van der Waals surface area contributed by atoms with Crippen molar-refractivity contribution in [3.8, 4) is 0 Å². The van der Waals surface area contributed by atoms with Crippen molar-refractivity contribution in [1.29, 1.82) is 0 Å². The van der Waals surface area contributed by atoms with Gasteiger partial charge in [-0.15, -0.1) is 6.58 Å². The summed E-state index contributed by atoms with van der Waals surface area (Å²) in [4.78, 5) is 26.0. The van der Waals surface area contributed by atoms with Crippen molar-refractivity contribution >= 4 is 12.2 Å². The van der Waals surface area contributed by atoms with Crippen LogP contribution >= 0.6 is 0 Å². The summed E-state index contributed by atoms with van der Waals surface area (Å²) in [6, 6.07) is 9.07. The molecule has 0 aromatic heterocycles. The molecule has 7 nitrogen and oxygen atoms in total. The summed E-state index contributed by atoms with van der Waals surface area (Å²) in [7, 11) is 0. The van der Waals surface area contributed by atoms with E-state index in [1.54, 1.807) is 26.8 Å². The zero-order valence-corrected chi connectivity index (χ0v) is 16.1. The molecule has 0 spiro atoms. The molecule has 1 aromatic carbocycles. The van der Waals surface area contributed by atoms with Gasteiger partial charge in [-0.05, 0) is 26.3 Å². The fourth-order valence-electron chi connectivity index (χ4n) is 2.69. The maximum absolute atomic E-state index is 12.4. The molecule has 27 heavy (non-hydrogen) atoms. The second kappa shape index (κ2) is 9.41. The van der Waals surface area contributed by atoms with E-state index in [0.717, 1.165) is 5.56 Å². The minimum absolute atomic E-state index is 0.193. The summed E-state index contributed by atoms with van der Waals surface area (Å²) >= 11 is 0. The molecule has 0 radical (unpaired) electrons. The van der Waals surface area contributed by atoms with Gasteiger partial charge in [0.05, 0.1) is 25.3 Å². The van der Waals surface area contributed by atoms with E-state index in [4.69, 9.17) is 14.2 Å². The zero-order chi connectivity index (χ0) is 19.9. The van der Waals surface area contributed by atoms with Crippen molar-refractivity contribution in [2.45, 2.75) is 45.1 Å². The molecule has 1 saturated heterocycles. The highest BCUT2D eigenvalue weighted by Gasteiger charge is 2.38. The van der Waals surface area contributed by atoms with Crippen molar-refractivity contribution < 1.29 is 23.8 Å². The van der Waals surface area contributed by atoms with Gasteiger partial charge in [-0.3, -0.25) is 0 Å². The first-order chi connectivity index (χ1) is 12.8.